The van der Waals surface area contributed by atoms with Crippen molar-refractivity contribution in [2.75, 3.05) is 13.2 Å². The smallest absolute Gasteiger partial charge is 0.246 e. The van der Waals surface area contributed by atoms with Crippen molar-refractivity contribution in [1.29, 1.82) is 0 Å². The minimum atomic E-state index is -0.376. The molecule has 2 heterocycles. The summed E-state index contributed by atoms with van der Waals surface area (Å²) >= 11 is 0. The van der Waals surface area contributed by atoms with Crippen molar-refractivity contribution in [2.24, 2.45) is 11.8 Å². The number of carbonyl (C=O) groups excluding carboxylic acids is 2. The van der Waals surface area contributed by atoms with Gasteiger partial charge in [-0.1, -0.05) is 13.8 Å². The number of ether oxygens (including phenoxy) is 1. The predicted octanol–water partition coefficient (Wildman–Crippen LogP) is 1.56. The average molecular weight is 296 g/mol. The highest BCUT2D eigenvalue weighted by atomic mass is 16.5. The maximum atomic E-state index is 12.8. The second kappa shape index (κ2) is 6.77. The van der Waals surface area contributed by atoms with Gasteiger partial charge in [0, 0.05) is 19.3 Å². The Morgan fingerprint density at radius 1 is 1.24 bits per heavy atom. The van der Waals surface area contributed by atoms with Crippen LogP contribution in [-0.2, 0) is 14.3 Å². The lowest BCUT2D eigenvalue weighted by atomic mass is 9.89. The van der Waals surface area contributed by atoms with Crippen LogP contribution in [0, 0.1) is 11.8 Å². The van der Waals surface area contributed by atoms with Gasteiger partial charge in [0.25, 0.3) is 0 Å². The molecule has 0 aromatic carbocycles. The molecular weight excluding hydrogens is 268 g/mol. The normalized spacial score (nSPS) is 29.7. The molecule has 0 aromatic rings. The molecule has 2 saturated heterocycles. The molecule has 3 unspecified atom stereocenters. The van der Waals surface area contributed by atoms with Crippen molar-refractivity contribution in [3.8, 4) is 0 Å². The van der Waals surface area contributed by atoms with E-state index in [1.54, 1.807) is 0 Å². The molecule has 0 radical (unpaired) electrons. The van der Waals surface area contributed by atoms with Crippen LogP contribution in [0.4, 0.5) is 0 Å². The fourth-order valence-corrected chi connectivity index (χ4v) is 3.46. The number of piperazine rings is 1. The molecular formula is C16H28N2O3. The summed E-state index contributed by atoms with van der Waals surface area (Å²) in [5, 5.41) is 2.88. The first-order chi connectivity index (χ1) is 9.91. The zero-order valence-electron chi connectivity index (χ0n) is 13.6. The first kappa shape index (κ1) is 16.3. The van der Waals surface area contributed by atoms with Crippen molar-refractivity contribution in [3.63, 3.8) is 0 Å². The first-order valence-corrected chi connectivity index (χ1v) is 8.12. The fourth-order valence-electron chi connectivity index (χ4n) is 3.46. The molecule has 1 N–H and O–H groups in total. The third-order valence-corrected chi connectivity index (χ3v) is 4.76. The van der Waals surface area contributed by atoms with Crippen molar-refractivity contribution in [2.45, 2.75) is 65.1 Å². The van der Waals surface area contributed by atoms with E-state index in [1.807, 2.05) is 11.8 Å². The molecule has 0 bridgehead atoms. The molecule has 2 aliphatic rings. The lowest BCUT2D eigenvalue weighted by Crippen LogP contribution is -2.65. The second-order valence-electron chi connectivity index (χ2n) is 6.80. The van der Waals surface area contributed by atoms with Crippen LogP contribution >= 0.6 is 0 Å². The van der Waals surface area contributed by atoms with E-state index in [4.69, 9.17) is 4.74 Å². The zero-order valence-corrected chi connectivity index (χ0v) is 13.6. The number of nitrogens with one attached hydrogen (secondary N) is 1. The average Bonchev–Trinajstić information content (AvgIpc) is 2.45. The Bertz CT molecular complexity index is 391. The third-order valence-electron chi connectivity index (χ3n) is 4.76. The summed E-state index contributed by atoms with van der Waals surface area (Å²) in [6.07, 6.45) is 2.64. The van der Waals surface area contributed by atoms with E-state index in [2.05, 4.69) is 26.1 Å². The van der Waals surface area contributed by atoms with Crippen LogP contribution in [-0.4, -0.2) is 48.1 Å². The molecule has 3 atom stereocenters. The Morgan fingerprint density at radius 3 is 2.43 bits per heavy atom. The Hall–Kier alpha value is -1.10. The first-order valence-electron chi connectivity index (χ1n) is 8.12. The molecule has 0 aromatic heterocycles. The van der Waals surface area contributed by atoms with Gasteiger partial charge in [-0.3, -0.25) is 9.59 Å². The van der Waals surface area contributed by atoms with E-state index in [0.717, 1.165) is 26.1 Å². The van der Waals surface area contributed by atoms with Crippen LogP contribution in [0.2, 0.25) is 0 Å². The van der Waals surface area contributed by atoms with E-state index in [9.17, 15) is 9.59 Å². The molecule has 5 nitrogen and oxygen atoms in total. The molecule has 2 aliphatic heterocycles. The summed E-state index contributed by atoms with van der Waals surface area (Å²) in [5.74, 6) is 0.859. The van der Waals surface area contributed by atoms with E-state index in [0.29, 0.717) is 18.3 Å². The number of carbonyl (C=O) groups is 2. The van der Waals surface area contributed by atoms with E-state index in [-0.39, 0.29) is 29.9 Å². The Morgan fingerprint density at radius 2 is 1.86 bits per heavy atom. The van der Waals surface area contributed by atoms with Gasteiger partial charge in [-0.2, -0.15) is 0 Å². The van der Waals surface area contributed by atoms with E-state index in [1.165, 1.54) is 0 Å². The van der Waals surface area contributed by atoms with Gasteiger partial charge in [-0.25, -0.2) is 0 Å². The minimum Gasteiger partial charge on any atom is -0.381 e. The number of amides is 2. The lowest BCUT2D eigenvalue weighted by Gasteiger charge is -2.44. The van der Waals surface area contributed by atoms with Gasteiger partial charge in [0.05, 0.1) is 0 Å². The maximum absolute atomic E-state index is 12.8. The summed E-state index contributed by atoms with van der Waals surface area (Å²) < 4.78 is 5.40. The second-order valence-corrected chi connectivity index (χ2v) is 6.80. The van der Waals surface area contributed by atoms with Gasteiger partial charge >= 0.3 is 0 Å². The van der Waals surface area contributed by atoms with Crippen LogP contribution in [0.3, 0.4) is 0 Å². The summed E-state index contributed by atoms with van der Waals surface area (Å²) in [6, 6.07) is -0.646. The van der Waals surface area contributed by atoms with Gasteiger partial charge < -0.3 is 15.0 Å². The van der Waals surface area contributed by atoms with Crippen molar-refractivity contribution >= 4 is 11.8 Å². The van der Waals surface area contributed by atoms with Crippen LogP contribution in [0.1, 0.15) is 47.0 Å². The SMILES string of the molecule is CC(C)CC1NC(=O)C(C)N(C(C)C2CCOCC2)C1=O. The van der Waals surface area contributed by atoms with Crippen LogP contribution < -0.4 is 5.32 Å². The topological polar surface area (TPSA) is 58.6 Å². The van der Waals surface area contributed by atoms with E-state index >= 15 is 0 Å². The standard InChI is InChI=1S/C16H28N2O3/c1-10(2)9-14-16(20)18(12(4)15(19)17-14)11(3)13-5-7-21-8-6-13/h10-14H,5-9H2,1-4H3,(H,17,19). The van der Waals surface area contributed by atoms with Gasteiger partial charge in [0.2, 0.25) is 11.8 Å². The Balaban J connectivity index is 2.13. The van der Waals surface area contributed by atoms with Crippen molar-refractivity contribution in [1.82, 2.24) is 10.2 Å². The summed E-state index contributed by atoms with van der Waals surface area (Å²) in [5.41, 5.74) is 0. The molecule has 0 saturated carbocycles. The molecule has 5 heteroatoms. The van der Waals surface area contributed by atoms with Crippen molar-refractivity contribution < 1.29 is 14.3 Å². The summed E-state index contributed by atoms with van der Waals surface area (Å²) in [4.78, 5) is 26.8. The fraction of sp³-hybridized carbons (Fsp3) is 0.875. The molecule has 0 aliphatic carbocycles. The monoisotopic (exact) mass is 296 g/mol. The predicted molar refractivity (Wildman–Crippen MR) is 80.7 cm³/mol. The molecule has 0 spiro atoms. The summed E-state index contributed by atoms with van der Waals surface area (Å²) in [6.45, 7) is 9.57. The molecule has 2 amide bonds. The molecule has 2 rings (SSSR count). The number of rotatable bonds is 4. The van der Waals surface area contributed by atoms with Crippen LogP contribution in [0.25, 0.3) is 0 Å². The number of hydrogen-bond donors (Lipinski definition) is 1. The molecule has 120 valence electrons. The van der Waals surface area contributed by atoms with Gasteiger partial charge in [0.1, 0.15) is 12.1 Å². The largest absolute Gasteiger partial charge is 0.381 e. The van der Waals surface area contributed by atoms with Gasteiger partial charge in [0.15, 0.2) is 0 Å². The minimum absolute atomic E-state index is 0.0286. The van der Waals surface area contributed by atoms with Crippen LogP contribution in [0.15, 0.2) is 0 Å². The third kappa shape index (κ3) is 3.57. The van der Waals surface area contributed by atoms with Gasteiger partial charge in [-0.05, 0) is 44.9 Å². The molecule has 2 fully saturated rings. The summed E-state index contributed by atoms with van der Waals surface area (Å²) in [7, 11) is 0. The highest BCUT2D eigenvalue weighted by Crippen LogP contribution is 2.27. The van der Waals surface area contributed by atoms with Crippen LogP contribution in [0.5, 0.6) is 0 Å². The van der Waals surface area contributed by atoms with Crippen molar-refractivity contribution in [3.05, 3.63) is 0 Å². The zero-order chi connectivity index (χ0) is 15.6. The lowest BCUT2D eigenvalue weighted by molar-refractivity contribution is -0.153. The number of hydrogen-bond acceptors (Lipinski definition) is 3. The maximum Gasteiger partial charge on any atom is 0.246 e. The van der Waals surface area contributed by atoms with Gasteiger partial charge in [-0.15, -0.1) is 0 Å². The van der Waals surface area contributed by atoms with E-state index < -0.39 is 0 Å². The Labute approximate surface area is 127 Å². The Kier molecular flexibility index (Phi) is 5.25. The highest BCUT2D eigenvalue weighted by Gasteiger charge is 2.42. The quantitative estimate of drug-likeness (QED) is 0.856. The highest BCUT2D eigenvalue weighted by molar-refractivity contribution is 5.96. The number of nitrogens with zero attached hydrogens (tertiary/aromatic N) is 1. The molecule has 21 heavy (non-hydrogen) atoms.